The SMILES string of the molecule is COc1ccc(C(=O)CSc2nnc3c(n2)C2(C)CCC3C2(C)C)cc1. The number of rotatable bonds is 5. The molecule has 2 atom stereocenters. The van der Waals surface area contributed by atoms with Gasteiger partial charge in [0.25, 0.3) is 0 Å². The zero-order valence-corrected chi connectivity index (χ0v) is 16.4. The summed E-state index contributed by atoms with van der Waals surface area (Å²) >= 11 is 1.36. The van der Waals surface area contributed by atoms with E-state index in [-0.39, 0.29) is 16.6 Å². The summed E-state index contributed by atoms with van der Waals surface area (Å²) in [5.74, 6) is 1.54. The van der Waals surface area contributed by atoms with E-state index in [1.165, 1.54) is 11.8 Å². The van der Waals surface area contributed by atoms with Crippen LogP contribution in [0.1, 0.15) is 61.3 Å². The van der Waals surface area contributed by atoms with Crippen LogP contribution in [0.2, 0.25) is 0 Å². The van der Waals surface area contributed by atoms with Gasteiger partial charge in [0.2, 0.25) is 5.16 Å². The van der Waals surface area contributed by atoms with Gasteiger partial charge in [-0.1, -0.05) is 32.5 Å². The zero-order chi connectivity index (χ0) is 18.5. The number of hydrogen-bond acceptors (Lipinski definition) is 6. The molecule has 26 heavy (non-hydrogen) atoms. The Bertz CT molecular complexity index is 866. The lowest BCUT2D eigenvalue weighted by Gasteiger charge is -2.33. The minimum atomic E-state index is 0.0508. The third kappa shape index (κ3) is 2.46. The van der Waals surface area contributed by atoms with E-state index in [1.54, 1.807) is 31.4 Å². The Hall–Kier alpha value is -1.95. The Balaban J connectivity index is 1.50. The Morgan fingerprint density at radius 3 is 2.65 bits per heavy atom. The number of methoxy groups -OCH3 is 1. The van der Waals surface area contributed by atoms with Crippen LogP contribution in [0.15, 0.2) is 29.4 Å². The van der Waals surface area contributed by atoms with Crippen molar-refractivity contribution in [3.8, 4) is 5.75 Å². The molecule has 1 aromatic heterocycles. The van der Waals surface area contributed by atoms with Crippen molar-refractivity contribution in [2.75, 3.05) is 12.9 Å². The molecule has 2 bridgehead atoms. The quantitative estimate of drug-likeness (QED) is 0.586. The number of nitrogens with zero attached hydrogens (tertiary/aromatic N) is 3. The number of carbonyl (C=O) groups excluding carboxylic acids is 1. The standard InChI is InChI=1S/C20H23N3O2S/c1-19(2)14-9-10-20(19,3)17-16(14)22-23-18(21-17)26-11-15(24)12-5-7-13(25-4)8-6-12/h5-8,14H,9-11H2,1-4H3. The molecule has 136 valence electrons. The third-order valence-electron chi connectivity index (χ3n) is 6.52. The Labute approximate surface area is 158 Å². The summed E-state index contributed by atoms with van der Waals surface area (Å²) in [7, 11) is 1.61. The van der Waals surface area contributed by atoms with Crippen LogP contribution in [0.4, 0.5) is 0 Å². The number of benzene rings is 1. The van der Waals surface area contributed by atoms with Gasteiger partial charge >= 0.3 is 0 Å². The van der Waals surface area contributed by atoms with E-state index >= 15 is 0 Å². The highest BCUT2D eigenvalue weighted by Gasteiger charge is 2.61. The van der Waals surface area contributed by atoms with Crippen molar-refractivity contribution in [1.29, 1.82) is 0 Å². The maximum absolute atomic E-state index is 12.4. The number of fused-ring (bicyclic) bond motifs is 5. The van der Waals surface area contributed by atoms with Gasteiger partial charge in [-0.15, -0.1) is 5.10 Å². The first-order chi connectivity index (χ1) is 12.4. The van der Waals surface area contributed by atoms with Crippen molar-refractivity contribution < 1.29 is 9.53 Å². The molecule has 4 rings (SSSR count). The normalized spacial score (nSPS) is 25.2. The maximum Gasteiger partial charge on any atom is 0.209 e. The van der Waals surface area contributed by atoms with E-state index in [0.717, 1.165) is 30.0 Å². The third-order valence-corrected chi connectivity index (χ3v) is 7.35. The van der Waals surface area contributed by atoms with Gasteiger partial charge < -0.3 is 4.74 Å². The van der Waals surface area contributed by atoms with Crippen molar-refractivity contribution >= 4 is 17.5 Å². The van der Waals surface area contributed by atoms with E-state index in [0.29, 0.717) is 22.4 Å². The van der Waals surface area contributed by atoms with Crippen LogP contribution in [0.5, 0.6) is 5.75 Å². The average molecular weight is 369 g/mol. The fraction of sp³-hybridized carbons (Fsp3) is 0.500. The van der Waals surface area contributed by atoms with Gasteiger partial charge in [-0.05, 0) is 42.5 Å². The lowest BCUT2D eigenvalue weighted by molar-refractivity contribution is 0.102. The van der Waals surface area contributed by atoms with E-state index in [4.69, 9.17) is 9.72 Å². The molecule has 5 nitrogen and oxygen atoms in total. The van der Waals surface area contributed by atoms with Crippen molar-refractivity contribution in [2.24, 2.45) is 5.41 Å². The molecule has 1 fully saturated rings. The van der Waals surface area contributed by atoms with E-state index < -0.39 is 0 Å². The molecule has 6 heteroatoms. The summed E-state index contributed by atoms with van der Waals surface area (Å²) in [6.07, 6.45) is 2.31. The van der Waals surface area contributed by atoms with Gasteiger partial charge in [0.15, 0.2) is 5.78 Å². The van der Waals surface area contributed by atoms with Crippen LogP contribution in [0, 0.1) is 5.41 Å². The largest absolute Gasteiger partial charge is 0.497 e. The number of ether oxygens (including phenoxy) is 1. The summed E-state index contributed by atoms with van der Waals surface area (Å²) in [5.41, 5.74) is 3.04. The lowest BCUT2D eigenvalue weighted by atomic mass is 9.70. The van der Waals surface area contributed by atoms with Gasteiger partial charge in [-0.3, -0.25) is 4.79 Å². The van der Waals surface area contributed by atoms with Gasteiger partial charge in [0.1, 0.15) is 5.75 Å². The second-order valence-electron chi connectivity index (χ2n) is 7.91. The van der Waals surface area contributed by atoms with Crippen LogP contribution < -0.4 is 4.74 Å². The Morgan fingerprint density at radius 2 is 1.96 bits per heavy atom. The van der Waals surface area contributed by atoms with Crippen LogP contribution >= 0.6 is 11.8 Å². The van der Waals surface area contributed by atoms with E-state index in [2.05, 4.69) is 31.0 Å². The monoisotopic (exact) mass is 369 g/mol. The fourth-order valence-corrected chi connectivity index (χ4v) is 5.10. The number of aromatic nitrogens is 3. The molecule has 1 heterocycles. The molecule has 2 unspecified atom stereocenters. The smallest absolute Gasteiger partial charge is 0.209 e. The van der Waals surface area contributed by atoms with Crippen molar-refractivity contribution in [1.82, 2.24) is 15.2 Å². The highest BCUT2D eigenvalue weighted by atomic mass is 32.2. The molecule has 1 aromatic carbocycles. The number of Topliss-reactive ketones (excluding diaryl/α,β-unsaturated/α-hetero) is 1. The predicted molar refractivity (Wildman–Crippen MR) is 101 cm³/mol. The fourth-order valence-electron chi connectivity index (χ4n) is 4.41. The summed E-state index contributed by atoms with van der Waals surface area (Å²) < 4.78 is 5.13. The number of hydrogen-bond donors (Lipinski definition) is 0. The molecule has 0 saturated heterocycles. The van der Waals surface area contributed by atoms with Gasteiger partial charge in [-0.25, -0.2) is 4.98 Å². The number of ketones is 1. The minimum Gasteiger partial charge on any atom is -0.497 e. The molecule has 2 aromatic rings. The highest BCUT2D eigenvalue weighted by Crippen LogP contribution is 2.66. The highest BCUT2D eigenvalue weighted by molar-refractivity contribution is 7.99. The van der Waals surface area contributed by atoms with Crippen molar-refractivity contribution in [3.05, 3.63) is 41.2 Å². The second kappa shape index (κ2) is 6.05. The number of thioether (sulfide) groups is 1. The van der Waals surface area contributed by atoms with E-state index in [9.17, 15) is 4.79 Å². The first-order valence-electron chi connectivity index (χ1n) is 8.92. The zero-order valence-electron chi connectivity index (χ0n) is 15.6. The summed E-state index contributed by atoms with van der Waals surface area (Å²) in [6, 6.07) is 7.16. The first-order valence-corrected chi connectivity index (χ1v) is 9.90. The second-order valence-corrected chi connectivity index (χ2v) is 8.86. The van der Waals surface area contributed by atoms with Gasteiger partial charge in [0.05, 0.1) is 24.3 Å². The molecule has 0 amide bonds. The molecule has 2 aliphatic carbocycles. The van der Waals surface area contributed by atoms with Crippen LogP contribution in [-0.2, 0) is 5.41 Å². The molecular weight excluding hydrogens is 346 g/mol. The minimum absolute atomic E-state index is 0.0508. The summed E-state index contributed by atoms with van der Waals surface area (Å²) in [5, 5.41) is 9.38. The van der Waals surface area contributed by atoms with Crippen LogP contribution in [-0.4, -0.2) is 33.8 Å². The topological polar surface area (TPSA) is 65.0 Å². The Morgan fingerprint density at radius 1 is 1.23 bits per heavy atom. The van der Waals surface area contributed by atoms with Gasteiger partial charge in [-0.2, -0.15) is 5.10 Å². The average Bonchev–Trinajstić information content (AvgIpc) is 2.98. The summed E-state index contributed by atoms with van der Waals surface area (Å²) in [6.45, 7) is 6.92. The molecular formula is C20H23N3O2S. The van der Waals surface area contributed by atoms with Gasteiger partial charge in [0, 0.05) is 16.9 Å². The molecule has 0 N–H and O–H groups in total. The predicted octanol–water partition coefficient (Wildman–Crippen LogP) is 4.03. The van der Waals surface area contributed by atoms with E-state index in [1.807, 2.05) is 0 Å². The molecule has 1 saturated carbocycles. The summed E-state index contributed by atoms with van der Waals surface area (Å²) in [4.78, 5) is 17.2. The molecule has 0 spiro atoms. The number of carbonyl (C=O) groups is 1. The molecule has 0 radical (unpaired) electrons. The van der Waals surface area contributed by atoms with Crippen LogP contribution in [0.25, 0.3) is 0 Å². The maximum atomic E-state index is 12.4. The first kappa shape index (κ1) is 17.5. The van der Waals surface area contributed by atoms with Crippen LogP contribution in [0.3, 0.4) is 0 Å². The molecule has 2 aliphatic rings. The Kier molecular flexibility index (Phi) is 4.06. The van der Waals surface area contributed by atoms with Crippen molar-refractivity contribution in [2.45, 2.75) is 50.1 Å². The van der Waals surface area contributed by atoms with Crippen molar-refractivity contribution in [3.63, 3.8) is 0 Å². The molecule has 0 aliphatic heterocycles. The lowest BCUT2D eigenvalue weighted by Crippen LogP contribution is -2.32.